The van der Waals surface area contributed by atoms with E-state index in [2.05, 4.69) is 53.5 Å². The van der Waals surface area contributed by atoms with Gasteiger partial charge >= 0.3 is 0 Å². The molecule has 140 valence electrons. The van der Waals surface area contributed by atoms with Crippen LogP contribution in [-0.4, -0.2) is 9.97 Å². The van der Waals surface area contributed by atoms with Crippen molar-refractivity contribution in [1.29, 1.82) is 10.5 Å². The summed E-state index contributed by atoms with van der Waals surface area (Å²) in [7, 11) is 0. The smallest absolute Gasteiger partial charge is 0.141 e. The summed E-state index contributed by atoms with van der Waals surface area (Å²) in [5.74, 6) is 1.24. The van der Waals surface area contributed by atoms with Crippen LogP contribution in [0.15, 0.2) is 60.7 Å². The Kier molecular flexibility index (Phi) is 3.45. The summed E-state index contributed by atoms with van der Waals surface area (Å²) in [5.41, 5.74) is 4.65. The van der Waals surface area contributed by atoms with Gasteiger partial charge in [0.2, 0.25) is 0 Å². The molecule has 4 nitrogen and oxygen atoms in total. The standard InChI is InChI=1S/C26H16N4/c27-13-17-4-3-5-18(14-28)23(17)26-29-24-20-7-2-1-6-19(20)22-12-16(15-8-9-15)10-11-21(22)25(24)30-26/h1-7,10-12,15H,8-9H2,(H,29,30). The number of rotatable bonds is 2. The molecule has 0 radical (unpaired) electrons. The number of nitrogens with one attached hydrogen (secondary N) is 1. The van der Waals surface area contributed by atoms with Gasteiger partial charge in [-0.25, -0.2) is 4.98 Å². The van der Waals surface area contributed by atoms with Crippen molar-refractivity contribution in [3.8, 4) is 23.5 Å². The Balaban J connectivity index is 1.74. The molecular weight excluding hydrogens is 368 g/mol. The van der Waals surface area contributed by atoms with Crippen LogP contribution >= 0.6 is 0 Å². The molecule has 0 unspecified atom stereocenters. The Morgan fingerprint density at radius 1 is 0.800 bits per heavy atom. The highest BCUT2D eigenvalue weighted by molar-refractivity contribution is 6.23. The number of nitriles is 2. The molecule has 0 bridgehead atoms. The molecule has 0 saturated heterocycles. The average Bonchev–Trinajstić information content (AvgIpc) is 3.56. The summed E-state index contributed by atoms with van der Waals surface area (Å²) in [4.78, 5) is 8.34. The van der Waals surface area contributed by atoms with E-state index in [0.717, 1.165) is 21.8 Å². The topological polar surface area (TPSA) is 76.3 Å². The molecule has 0 amide bonds. The van der Waals surface area contributed by atoms with Gasteiger partial charge in [-0.3, -0.25) is 0 Å². The monoisotopic (exact) mass is 384 g/mol. The Morgan fingerprint density at radius 2 is 1.53 bits per heavy atom. The van der Waals surface area contributed by atoms with Crippen LogP contribution in [-0.2, 0) is 0 Å². The predicted octanol–water partition coefficient (Wildman–Crippen LogP) is 6.16. The molecule has 4 aromatic carbocycles. The van der Waals surface area contributed by atoms with Crippen LogP contribution in [0.25, 0.3) is 44.0 Å². The molecule has 1 fully saturated rings. The summed E-state index contributed by atoms with van der Waals surface area (Å²) in [6, 6.07) is 24.6. The van der Waals surface area contributed by atoms with Gasteiger partial charge in [-0.1, -0.05) is 48.5 Å². The Hall–Kier alpha value is -4.15. The Labute approximate surface area is 173 Å². The number of aromatic amines is 1. The van der Waals surface area contributed by atoms with E-state index in [9.17, 15) is 10.5 Å². The fourth-order valence-electron chi connectivity index (χ4n) is 4.47. The second kappa shape index (κ2) is 6.17. The van der Waals surface area contributed by atoms with E-state index in [-0.39, 0.29) is 0 Å². The number of hydrogen-bond donors (Lipinski definition) is 1. The van der Waals surface area contributed by atoms with Gasteiger partial charge in [0.25, 0.3) is 0 Å². The van der Waals surface area contributed by atoms with Gasteiger partial charge in [0.1, 0.15) is 5.82 Å². The van der Waals surface area contributed by atoms with E-state index in [1.807, 2.05) is 6.07 Å². The van der Waals surface area contributed by atoms with Gasteiger partial charge in [0, 0.05) is 10.8 Å². The molecule has 1 heterocycles. The average molecular weight is 384 g/mol. The molecule has 6 rings (SSSR count). The van der Waals surface area contributed by atoms with E-state index < -0.39 is 0 Å². The number of H-pyrrole nitrogens is 1. The van der Waals surface area contributed by atoms with Crippen LogP contribution in [0.2, 0.25) is 0 Å². The van der Waals surface area contributed by atoms with Crippen LogP contribution in [0.4, 0.5) is 0 Å². The number of nitrogens with zero attached hydrogens (tertiary/aromatic N) is 3. The molecule has 1 saturated carbocycles. The second-order valence-electron chi connectivity index (χ2n) is 7.89. The maximum Gasteiger partial charge on any atom is 0.141 e. The maximum absolute atomic E-state index is 9.61. The zero-order valence-electron chi connectivity index (χ0n) is 16.1. The first kappa shape index (κ1) is 16.8. The minimum atomic E-state index is 0.442. The third-order valence-corrected chi connectivity index (χ3v) is 6.08. The van der Waals surface area contributed by atoms with Gasteiger partial charge in [-0.05, 0) is 47.2 Å². The third kappa shape index (κ3) is 2.35. The van der Waals surface area contributed by atoms with Crippen LogP contribution in [0.3, 0.4) is 0 Å². The minimum Gasteiger partial charge on any atom is -0.337 e. The van der Waals surface area contributed by atoms with E-state index in [1.165, 1.54) is 29.2 Å². The first-order valence-electron chi connectivity index (χ1n) is 10.1. The summed E-state index contributed by atoms with van der Waals surface area (Å²) >= 11 is 0. The molecular formula is C26H16N4. The lowest BCUT2D eigenvalue weighted by Gasteiger charge is -2.08. The lowest BCUT2D eigenvalue weighted by molar-refractivity contribution is 1.14. The normalized spacial score (nSPS) is 13.5. The van der Waals surface area contributed by atoms with Gasteiger partial charge in [-0.15, -0.1) is 0 Å². The Morgan fingerprint density at radius 3 is 2.23 bits per heavy atom. The van der Waals surface area contributed by atoms with Crippen LogP contribution in [0.1, 0.15) is 35.4 Å². The van der Waals surface area contributed by atoms with Gasteiger partial charge in [0.05, 0.1) is 39.9 Å². The van der Waals surface area contributed by atoms with E-state index in [4.69, 9.17) is 4.98 Å². The van der Waals surface area contributed by atoms with E-state index in [1.54, 1.807) is 18.2 Å². The second-order valence-corrected chi connectivity index (χ2v) is 7.89. The lowest BCUT2D eigenvalue weighted by Crippen LogP contribution is -1.91. The molecule has 0 atom stereocenters. The highest BCUT2D eigenvalue weighted by Crippen LogP contribution is 2.43. The summed E-state index contributed by atoms with van der Waals surface area (Å²) < 4.78 is 0. The lowest BCUT2D eigenvalue weighted by atomic mass is 9.97. The third-order valence-electron chi connectivity index (χ3n) is 6.08. The first-order valence-corrected chi connectivity index (χ1v) is 10.1. The Bertz CT molecular complexity index is 1540. The highest BCUT2D eigenvalue weighted by atomic mass is 14.9. The number of hydrogen-bond acceptors (Lipinski definition) is 3. The molecule has 1 N–H and O–H groups in total. The van der Waals surface area contributed by atoms with Crippen molar-refractivity contribution in [1.82, 2.24) is 9.97 Å². The van der Waals surface area contributed by atoms with Gasteiger partial charge in [-0.2, -0.15) is 10.5 Å². The zero-order chi connectivity index (χ0) is 20.2. The number of benzene rings is 4. The molecule has 0 aliphatic heterocycles. The largest absolute Gasteiger partial charge is 0.337 e. The van der Waals surface area contributed by atoms with E-state index in [0.29, 0.717) is 28.4 Å². The van der Waals surface area contributed by atoms with Crippen molar-refractivity contribution in [2.45, 2.75) is 18.8 Å². The minimum absolute atomic E-state index is 0.442. The molecule has 30 heavy (non-hydrogen) atoms. The molecule has 4 heteroatoms. The molecule has 1 aliphatic carbocycles. The van der Waals surface area contributed by atoms with Crippen molar-refractivity contribution in [3.05, 3.63) is 77.4 Å². The number of imidazole rings is 1. The fourth-order valence-corrected chi connectivity index (χ4v) is 4.47. The molecule has 0 spiro atoms. The van der Waals surface area contributed by atoms with Crippen molar-refractivity contribution in [3.63, 3.8) is 0 Å². The van der Waals surface area contributed by atoms with Crippen molar-refractivity contribution in [2.24, 2.45) is 0 Å². The van der Waals surface area contributed by atoms with Crippen molar-refractivity contribution < 1.29 is 0 Å². The van der Waals surface area contributed by atoms with Crippen LogP contribution in [0, 0.1) is 22.7 Å². The van der Waals surface area contributed by atoms with Gasteiger partial charge in [0.15, 0.2) is 0 Å². The first-order chi connectivity index (χ1) is 14.8. The van der Waals surface area contributed by atoms with Gasteiger partial charge < -0.3 is 4.98 Å². The summed E-state index contributed by atoms with van der Waals surface area (Å²) in [5, 5.41) is 23.8. The van der Waals surface area contributed by atoms with Crippen molar-refractivity contribution >= 4 is 32.6 Å². The molecule has 5 aromatic rings. The number of fused-ring (bicyclic) bond motifs is 6. The molecule has 1 aliphatic rings. The zero-order valence-corrected chi connectivity index (χ0v) is 16.1. The number of aromatic nitrogens is 2. The molecule has 1 aromatic heterocycles. The van der Waals surface area contributed by atoms with Crippen LogP contribution in [0.5, 0.6) is 0 Å². The summed E-state index contributed by atoms with van der Waals surface area (Å²) in [6.07, 6.45) is 2.53. The summed E-state index contributed by atoms with van der Waals surface area (Å²) in [6.45, 7) is 0. The maximum atomic E-state index is 9.61. The highest BCUT2D eigenvalue weighted by Gasteiger charge is 2.24. The van der Waals surface area contributed by atoms with Crippen molar-refractivity contribution in [2.75, 3.05) is 0 Å². The van der Waals surface area contributed by atoms with E-state index >= 15 is 0 Å². The predicted molar refractivity (Wildman–Crippen MR) is 118 cm³/mol. The SMILES string of the molecule is N#Cc1cccc(C#N)c1-c1nc2c3ccccc3c3cc(C4CC4)ccc3c2[nH]1. The van der Waals surface area contributed by atoms with Crippen LogP contribution < -0.4 is 0 Å². The fraction of sp³-hybridized carbons (Fsp3) is 0.115. The quantitative estimate of drug-likeness (QED) is 0.370.